The highest BCUT2D eigenvalue weighted by atomic mass is 16.3. The summed E-state index contributed by atoms with van der Waals surface area (Å²) in [5, 5.41) is 0. The third kappa shape index (κ3) is 2.38. The Morgan fingerprint density at radius 1 is 1.29 bits per heavy atom. The molecule has 1 atom stereocenters. The largest absolute Gasteiger partial charge is 0.443 e. The standard InChI is InChI=1S/C19H17N3O2/c1-12-9-16(15-5-3-4-6-18(15)22(12)13(2)23)21-14-7-8-19-17(10-14)20-11-24-19/h3-8,10-12H,9H2,1-2H3. The first kappa shape index (κ1) is 14.6. The number of aliphatic imine (C=N–C) groups is 1. The van der Waals surface area contributed by atoms with Gasteiger partial charge in [0, 0.05) is 24.9 Å². The summed E-state index contributed by atoms with van der Waals surface area (Å²) < 4.78 is 5.27. The van der Waals surface area contributed by atoms with Gasteiger partial charge in [-0.05, 0) is 31.2 Å². The van der Waals surface area contributed by atoms with E-state index in [0.717, 1.165) is 33.7 Å². The summed E-state index contributed by atoms with van der Waals surface area (Å²) in [5.74, 6) is 0.0537. The first-order valence-corrected chi connectivity index (χ1v) is 7.93. The predicted molar refractivity (Wildman–Crippen MR) is 93.9 cm³/mol. The molecule has 24 heavy (non-hydrogen) atoms. The summed E-state index contributed by atoms with van der Waals surface area (Å²) in [7, 11) is 0. The van der Waals surface area contributed by atoms with Crippen molar-refractivity contribution in [3.63, 3.8) is 0 Å². The van der Waals surface area contributed by atoms with Crippen LogP contribution in [-0.2, 0) is 4.79 Å². The average Bonchev–Trinajstić information content (AvgIpc) is 3.02. The van der Waals surface area contributed by atoms with Crippen molar-refractivity contribution in [2.75, 3.05) is 4.90 Å². The highest BCUT2D eigenvalue weighted by Gasteiger charge is 2.29. The molecule has 0 spiro atoms. The van der Waals surface area contributed by atoms with Crippen LogP contribution in [0.25, 0.3) is 11.1 Å². The van der Waals surface area contributed by atoms with Crippen LogP contribution >= 0.6 is 0 Å². The number of rotatable bonds is 1. The molecule has 1 aliphatic rings. The maximum absolute atomic E-state index is 12.0. The molecular weight excluding hydrogens is 302 g/mol. The van der Waals surface area contributed by atoms with Crippen molar-refractivity contribution in [1.82, 2.24) is 4.98 Å². The molecule has 5 heteroatoms. The molecule has 0 saturated carbocycles. The maximum atomic E-state index is 12.0. The molecule has 120 valence electrons. The smallest absolute Gasteiger partial charge is 0.224 e. The number of nitrogens with zero attached hydrogens (tertiary/aromatic N) is 3. The van der Waals surface area contributed by atoms with Crippen LogP contribution in [0.1, 0.15) is 25.8 Å². The van der Waals surface area contributed by atoms with Gasteiger partial charge in [-0.15, -0.1) is 0 Å². The molecule has 4 rings (SSSR count). The van der Waals surface area contributed by atoms with Crippen LogP contribution in [0, 0.1) is 0 Å². The van der Waals surface area contributed by atoms with Gasteiger partial charge < -0.3 is 9.32 Å². The van der Waals surface area contributed by atoms with Crippen LogP contribution in [0.2, 0.25) is 0 Å². The maximum Gasteiger partial charge on any atom is 0.224 e. The molecule has 2 aromatic carbocycles. The van der Waals surface area contributed by atoms with Gasteiger partial charge in [-0.2, -0.15) is 0 Å². The number of amides is 1. The van der Waals surface area contributed by atoms with E-state index in [0.29, 0.717) is 6.42 Å². The minimum atomic E-state index is 0.0537. The second kappa shape index (κ2) is 5.60. The lowest BCUT2D eigenvalue weighted by atomic mass is 9.94. The second-order valence-corrected chi connectivity index (χ2v) is 6.02. The fourth-order valence-corrected chi connectivity index (χ4v) is 3.30. The summed E-state index contributed by atoms with van der Waals surface area (Å²) in [6.07, 6.45) is 2.15. The lowest BCUT2D eigenvalue weighted by Gasteiger charge is -2.35. The molecule has 0 radical (unpaired) electrons. The number of carbonyl (C=O) groups is 1. The molecule has 0 N–H and O–H groups in total. The van der Waals surface area contributed by atoms with Gasteiger partial charge in [0.1, 0.15) is 5.52 Å². The number of benzene rings is 2. The summed E-state index contributed by atoms with van der Waals surface area (Å²) in [5.41, 5.74) is 5.29. The predicted octanol–water partition coefficient (Wildman–Crippen LogP) is 4.09. The van der Waals surface area contributed by atoms with Gasteiger partial charge in [0.15, 0.2) is 12.0 Å². The Morgan fingerprint density at radius 2 is 2.12 bits per heavy atom. The van der Waals surface area contributed by atoms with Gasteiger partial charge in [-0.3, -0.25) is 9.79 Å². The molecule has 3 aromatic rings. The zero-order valence-corrected chi connectivity index (χ0v) is 13.6. The highest BCUT2D eigenvalue weighted by molar-refractivity contribution is 6.12. The Bertz CT molecular complexity index is 958. The van der Waals surface area contributed by atoms with E-state index >= 15 is 0 Å². The Morgan fingerprint density at radius 3 is 2.96 bits per heavy atom. The van der Waals surface area contributed by atoms with E-state index in [1.165, 1.54) is 6.39 Å². The third-order valence-corrected chi connectivity index (χ3v) is 4.32. The quantitative estimate of drug-likeness (QED) is 0.678. The van der Waals surface area contributed by atoms with Crippen molar-refractivity contribution in [1.29, 1.82) is 0 Å². The van der Waals surface area contributed by atoms with E-state index in [9.17, 15) is 4.79 Å². The molecule has 5 nitrogen and oxygen atoms in total. The van der Waals surface area contributed by atoms with Crippen molar-refractivity contribution < 1.29 is 9.21 Å². The monoisotopic (exact) mass is 319 g/mol. The zero-order valence-electron chi connectivity index (χ0n) is 13.6. The summed E-state index contributed by atoms with van der Waals surface area (Å²) in [6, 6.07) is 13.7. The number of hydrogen-bond acceptors (Lipinski definition) is 4. The number of aromatic nitrogens is 1. The number of anilines is 1. The third-order valence-electron chi connectivity index (χ3n) is 4.32. The Hall–Kier alpha value is -2.95. The summed E-state index contributed by atoms with van der Waals surface area (Å²) >= 11 is 0. The van der Waals surface area contributed by atoms with E-state index in [1.54, 1.807) is 6.92 Å². The van der Waals surface area contributed by atoms with Gasteiger partial charge in [0.05, 0.1) is 17.1 Å². The minimum Gasteiger partial charge on any atom is -0.443 e. The second-order valence-electron chi connectivity index (χ2n) is 6.02. The van der Waals surface area contributed by atoms with Crippen molar-refractivity contribution in [2.45, 2.75) is 26.3 Å². The molecule has 0 fully saturated rings. The normalized spacial score (nSPS) is 18.8. The van der Waals surface area contributed by atoms with E-state index in [1.807, 2.05) is 54.3 Å². The topological polar surface area (TPSA) is 58.7 Å². The molecule has 1 amide bonds. The Balaban J connectivity index is 1.82. The van der Waals surface area contributed by atoms with Gasteiger partial charge in [0.2, 0.25) is 5.91 Å². The lowest BCUT2D eigenvalue weighted by molar-refractivity contribution is -0.117. The molecule has 0 bridgehead atoms. The lowest BCUT2D eigenvalue weighted by Crippen LogP contribution is -2.42. The van der Waals surface area contributed by atoms with E-state index in [-0.39, 0.29) is 11.9 Å². The number of para-hydroxylation sites is 1. The van der Waals surface area contributed by atoms with E-state index in [4.69, 9.17) is 9.41 Å². The molecule has 1 unspecified atom stereocenters. The first-order chi connectivity index (χ1) is 11.6. The number of hydrogen-bond donors (Lipinski definition) is 0. The van der Waals surface area contributed by atoms with E-state index in [2.05, 4.69) is 4.98 Å². The van der Waals surface area contributed by atoms with Gasteiger partial charge in [-0.1, -0.05) is 18.2 Å². The van der Waals surface area contributed by atoms with Crippen molar-refractivity contribution in [2.24, 2.45) is 4.99 Å². The van der Waals surface area contributed by atoms with Crippen LogP contribution < -0.4 is 4.90 Å². The van der Waals surface area contributed by atoms with E-state index < -0.39 is 0 Å². The van der Waals surface area contributed by atoms with Crippen molar-refractivity contribution >= 4 is 34.1 Å². The number of oxazole rings is 1. The van der Waals surface area contributed by atoms with Crippen LogP contribution in [0.4, 0.5) is 11.4 Å². The van der Waals surface area contributed by atoms with Crippen LogP contribution in [0.3, 0.4) is 0 Å². The number of carbonyl (C=O) groups excluding carboxylic acids is 1. The summed E-state index contributed by atoms with van der Waals surface area (Å²) in [4.78, 5) is 22.9. The van der Waals surface area contributed by atoms with Crippen LogP contribution in [0.15, 0.2) is 58.3 Å². The molecular formula is C19H17N3O2. The van der Waals surface area contributed by atoms with Crippen LogP contribution in [0.5, 0.6) is 0 Å². The number of fused-ring (bicyclic) bond motifs is 2. The van der Waals surface area contributed by atoms with Crippen molar-refractivity contribution in [3.05, 3.63) is 54.4 Å². The molecule has 2 heterocycles. The molecule has 0 aliphatic carbocycles. The molecule has 1 aliphatic heterocycles. The molecule has 0 saturated heterocycles. The first-order valence-electron chi connectivity index (χ1n) is 7.93. The zero-order chi connectivity index (χ0) is 16.7. The van der Waals surface area contributed by atoms with Gasteiger partial charge in [0.25, 0.3) is 0 Å². The molecule has 1 aromatic heterocycles. The fourth-order valence-electron chi connectivity index (χ4n) is 3.30. The average molecular weight is 319 g/mol. The summed E-state index contributed by atoms with van der Waals surface area (Å²) in [6.45, 7) is 3.65. The van der Waals surface area contributed by atoms with Crippen LogP contribution in [-0.4, -0.2) is 22.6 Å². The SMILES string of the molecule is CC(=O)N1c2ccccc2C(=Nc2ccc3ocnc3c2)CC1C. The minimum absolute atomic E-state index is 0.0537. The fraction of sp³-hybridized carbons (Fsp3) is 0.211. The van der Waals surface area contributed by atoms with Gasteiger partial charge >= 0.3 is 0 Å². The Labute approximate surface area is 139 Å². The Kier molecular flexibility index (Phi) is 3.41. The highest BCUT2D eigenvalue weighted by Crippen LogP contribution is 2.32. The van der Waals surface area contributed by atoms with Crippen molar-refractivity contribution in [3.8, 4) is 0 Å². The van der Waals surface area contributed by atoms with Gasteiger partial charge in [-0.25, -0.2) is 4.98 Å².